The Morgan fingerprint density at radius 2 is 1.79 bits per heavy atom. The number of nitrogens with zero attached hydrogens (tertiary/aromatic N) is 1. The number of hydrogen-bond acceptors (Lipinski definition) is 3. The Hall–Kier alpha value is -2.92. The molecule has 0 bridgehead atoms. The van der Waals surface area contributed by atoms with Crippen LogP contribution in [-0.2, 0) is 4.79 Å². The molecular formula is C23H25FN2O2. The SMILES string of the molecule is CC(NC(=O)CN(C)CCOc1ccccc1F)c1cccc2ccccc12. The Balaban J connectivity index is 1.49. The molecule has 4 nitrogen and oxygen atoms in total. The summed E-state index contributed by atoms with van der Waals surface area (Å²) in [6, 6.07) is 20.5. The van der Waals surface area contributed by atoms with Gasteiger partial charge in [0.25, 0.3) is 0 Å². The van der Waals surface area contributed by atoms with Crippen LogP contribution in [0.2, 0.25) is 0 Å². The molecule has 0 spiro atoms. The van der Waals surface area contributed by atoms with Crippen LogP contribution >= 0.6 is 0 Å². The number of likely N-dealkylation sites (N-methyl/N-ethyl adjacent to an activating group) is 1. The van der Waals surface area contributed by atoms with Crippen molar-refractivity contribution in [2.75, 3.05) is 26.7 Å². The van der Waals surface area contributed by atoms with Crippen LogP contribution in [-0.4, -0.2) is 37.6 Å². The fourth-order valence-electron chi connectivity index (χ4n) is 3.19. The lowest BCUT2D eigenvalue weighted by Crippen LogP contribution is -2.38. The molecule has 5 heteroatoms. The van der Waals surface area contributed by atoms with Gasteiger partial charge in [-0.1, -0.05) is 54.6 Å². The summed E-state index contributed by atoms with van der Waals surface area (Å²) in [5.74, 6) is -0.217. The molecule has 3 rings (SSSR count). The van der Waals surface area contributed by atoms with E-state index in [0.717, 1.165) is 16.3 Å². The smallest absolute Gasteiger partial charge is 0.234 e. The first-order valence-corrected chi connectivity index (χ1v) is 9.37. The number of rotatable bonds is 8. The molecule has 0 aliphatic rings. The van der Waals surface area contributed by atoms with Crippen molar-refractivity contribution in [1.82, 2.24) is 10.2 Å². The predicted molar refractivity (Wildman–Crippen MR) is 110 cm³/mol. The van der Waals surface area contributed by atoms with Gasteiger partial charge in [-0.2, -0.15) is 0 Å². The molecule has 0 fully saturated rings. The van der Waals surface area contributed by atoms with Crippen LogP contribution in [0.4, 0.5) is 4.39 Å². The first kappa shape index (κ1) is 19.8. The number of carbonyl (C=O) groups is 1. The number of ether oxygens (including phenoxy) is 1. The molecule has 3 aromatic carbocycles. The zero-order valence-corrected chi connectivity index (χ0v) is 16.2. The van der Waals surface area contributed by atoms with Crippen molar-refractivity contribution in [3.8, 4) is 5.75 Å². The molecule has 0 radical (unpaired) electrons. The molecule has 1 amide bonds. The van der Waals surface area contributed by atoms with E-state index < -0.39 is 0 Å². The van der Waals surface area contributed by atoms with E-state index in [1.54, 1.807) is 18.2 Å². The van der Waals surface area contributed by atoms with Gasteiger partial charge >= 0.3 is 0 Å². The van der Waals surface area contributed by atoms with E-state index in [1.807, 2.05) is 43.1 Å². The molecule has 0 saturated heterocycles. The third kappa shape index (κ3) is 5.08. The average molecular weight is 380 g/mol. The first-order valence-electron chi connectivity index (χ1n) is 9.37. The van der Waals surface area contributed by atoms with Crippen molar-refractivity contribution in [2.45, 2.75) is 13.0 Å². The van der Waals surface area contributed by atoms with E-state index in [-0.39, 0.29) is 30.1 Å². The Bertz CT molecular complexity index is 939. The highest BCUT2D eigenvalue weighted by molar-refractivity contribution is 5.87. The van der Waals surface area contributed by atoms with Gasteiger partial charge < -0.3 is 10.1 Å². The zero-order valence-electron chi connectivity index (χ0n) is 16.2. The van der Waals surface area contributed by atoms with Crippen LogP contribution in [0.3, 0.4) is 0 Å². The molecule has 1 N–H and O–H groups in total. The maximum Gasteiger partial charge on any atom is 0.234 e. The molecule has 0 aromatic heterocycles. The second-order valence-corrected chi connectivity index (χ2v) is 6.87. The summed E-state index contributed by atoms with van der Waals surface area (Å²) in [6.45, 7) is 3.06. The Kier molecular flexibility index (Phi) is 6.61. The van der Waals surface area contributed by atoms with Crippen LogP contribution in [0.25, 0.3) is 10.8 Å². The van der Waals surface area contributed by atoms with Gasteiger partial charge in [0.05, 0.1) is 12.6 Å². The van der Waals surface area contributed by atoms with Gasteiger partial charge in [-0.15, -0.1) is 0 Å². The van der Waals surface area contributed by atoms with Crippen LogP contribution in [0.1, 0.15) is 18.5 Å². The maximum absolute atomic E-state index is 13.5. The fourth-order valence-corrected chi connectivity index (χ4v) is 3.19. The van der Waals surface area contributed by atoms with Crippen molar-refractivity contribution < 1.29 is 13.9 Å². The number of carbonyl (C=O) groups excluding carboxylic acids is 1. The number of hydrogen-bond donors (Lipinski definition) is 1. The normalized spacial score (nSPS) is 12.1. The van der Waals surface area contributed by atoms with E-state index in [1.165, 1.54) is 6.07 Å². The van der Waals surface area contributed by atoms with Gasteiger partial charge in [-0.3, -0.25) is 9.69 Å². The molecule has 1 unspecified atom stereocenters. The molecule has 0 aliphatic heterocycles. The summed E-state index contributed by atoms with van der Waals surface area (Å²) in [7, 11) is 1.84. The van der Waals surface area contributed by atoms with E-state index in [4.69, 9.17) is 4.74 Å². The third-order valence-corrected chi connectivity index (χ3v) is 4.65. The van der Waals surface area contributed by atoms with Crippen molar-refractivity contribution in [3.05, 3.63) is 78.1 Å². The Morgan fingerprint density at radius 1 is 1.07 bits per heavy atom. The molecule has 0 heterocycles. The second kappa shape index (κ2) is 9.33. The largest absolute Gasteiger partial charge is 0.489 e. The van der Waals surface area contributed by atoms with Crippen LogP contribution in [0.15, 0.2) is 66.7 Å². The first-order chi connectivity index (χ1) is 13.5. The molecule has 146 valence electrons. The van der Waals surface area contributed by atoms with Crippen LogP contribution < -0.4 is 10.1 Å². The number of benzene rings is 3. The van der Waals surface area contributed by atoms with Gasteiger partial charge in [-0.05, 0) is 42.4 Å². The molecule has 0 aliphatic carbocycles. The van der Waals surface area contributed by atoms with Crippen LogP contribution in [0.5, 0.6) is 5.75 Å². The number of nitrogens with one attached hydrogen (secondary N) is 1. The summed E-state index contributed by atoms with van der Waals surface area (Å²) in [5, 5.41) is 5.35. The van der Waals surface area contributed by atoms with E-state index in [0.29, 0.717) is 13.2 Å². The van der Waals surface area contributed by atoms with Gasteiger partial charge in [0.1, 0.15) is 6.61 Å². The fraction of sp³-hybridized carbons (Fsp3) is 0.261. The average Bonchev–Trinajstić information content (AvgIpc) is 2.68. The molecule has 28 heavy (non-hydrogen) atoms. The topological polar surface area (TPSA) is 41.6 Å². The van der Waals surface area contributed by atoms with Gasteiger partial charge in [0.15, 0.2) is 11.6 Å². The zero-order chi connectivity index (χ0) is 19.9. The number of para-hydroxylation sites is 1. The number of fused-ring (bicyclic) bond motifs is 1. The minimum absolute atomic E-state index is 0.0613. The van der Waals surface area contributed by atoms with E-state index in [2.05, 4.69) is 23.5 Å². The van der Waals surface area contributed by atoms with Gasteiger partial charge in [0.2, 0.25) is 5.91 Å². The summed E-state index contributed by atoms with van der Waals surface area (Å²) in [5.41, 5.74) is 1.09. The third-order valence-electron chi connectivity index (χ3n) is 4.65. The summed E-state index contributed by atoms with van der Waals surface area (Å²) in [6.07, 6.45) is 0. The van der Waals surface area contributed by atoms with E-state index >= 15 is 0 Å². The molecule has 3 aromatic rings. The summed E-state index contributed by atoms with van der Waals surface area (Å²) in [4.78, 5) is 14.3. The van der Waals surface area contributed by atoms with Gasteiger partial charge in [-0.25, -0.2) is 4.39 Å². The van der Waals surface area contributed by atoms with Crippen LogP contribution in [0, 0.1) is 5.82 Å². The molecule has 1 atom stereocenters. The standard InChI is InChI=1S/C23H25FN2O2/c1-17(19-11-7-9-18-8-3-4-10-20(18)19)25-23(27)16-26(2)14-15-28-22-13-6-5-12-21(22)24/h3-13,17H,14-16H2,1-2H3,(H,25,27). The second-order valence-electron chi connectivity index (χ2n) is 6.87. The lowest BCUT2D eigenvalue weighted by molar-refractivity contribution is -0.122. The van der Waals surface area contributed by atoms with Crippen molar-refractivity contribution >= 4 is 16.7 Å². The highest BCUT2D eigenvalue weighted by Crippen LogP contribution is 2.24. The highest BCUT2D eigenvalue weighted by Gasteiger charge is 2.14. The number of amides is 1. The predicted octanol–water partition coefficient (Wildman–Crippen LogP) is 4.17. The number of halogens is 1. The van der Waals surface area contributed by atoms with E-state index in [9.17, 15) is 9.18 Å². The quantitative estimate of drug-likeness (QED) is 0.638. The summed E-state index contributed by atoms with van der Waals surface area (Å²) >= 11 is 0. The maximum atomic E-state index is 13.5. The lowest BCUT2D eigenvalue weighted by atomic mass is 10.00. The molecular weight excluding hydrogens is 355 g/mol. The Morgan fingerprint density at radius 3 is 2.61 bits per heavy atom. The lowest BCUT2D eigenvalue weighted by Gasteiger charge is -2.20. The van der Waals surface area contributed by atoms with Crippen molar-refractivity contribution in [2.24, 2.45) is 0 Å². The molecule has 0 saturated carbocycles. The van der Waals surface area contributed by atoms with Crippen molar-refractivity contribution in [1.29, 1.82) is 0 Å². The monoisotopic (exact) mass is 380 g/mol. The highest BCUT2D eigenvalue weighted by atomic mass is 19.1. The Labute approximate surface area is 164 Å². The van der Waals surface area contributed by atoms with Crippen molar-refractivity contribution in [3.63, 3.8) is 0 Å². The van der Waals surface area contributed by atoms with Gasteiger partial charge in [0, 0.05) is 6.54 Å². The summed E-state index contributed by atoms with van der Waals surface area (Å²) < 4.78 is 19.0. The minimum atomic E-state index is -0.383. The minimum Gasteiger partial charge on any atom is -0.489 e.